The normalized spacial score (nSPS) is 16.6. The first kappa shape index (κ1) is 22.5. The summed E-state index contributed by atoms with van der Waals surface area (Å²) in [7, 11) is 0. The van der Waals surface area contributed by atoms with E-state index in [9.17, 15) is 19.2 Å². The van der Waals surface area contributed by atoms with Gasteiger partial charge in [0, 0.05) is 0 Å². The van der Waals surface area contributed by atoms with Gasteiger partial charge in [0.05, 0.1) is 12.1 Å². The third kappa shape index (κ3) is 14.8. The summed E-state index contributed by atoms with van der Waals surface area (Å²) < 4.78 is 0. The predicted molar refractivity (Wildman–Crippen MR) is 91.1 cm³/mol. The maximum Gasteiger partial charge on any atom is 0.236 e. The van der Waals surface area contributed by atoms with Crippen molar-refractivity contribution in [3.63, 3.8) is 0 Å². The van der Waals surface area contributed by atoms with Crippen LogP contribution in [-0.2, 0) is 19.2 Å². The van der Waals surface area contributed by atoms with Crippen LogP contribution in [0.15, 0.2) is 20.0 Å². The van der Waals surface area contributed by atoms with Crippen LogP contribution in [0.2, 0.25) is 0 Å². The molecule has 0 bridgehead atoms. The van der Waals surface area contributed by atoms with E-state index in [0.29, 0.717) is 12.1 Å². The zero-order valence-corrected chi connectivity index (χ0v) is 14.4. The molecule has 2 rings (SSSR count). The molecule has 0 unspecified atom stereocenters. The van der Waals surface area contributed by atoms with Crippen molar-refractivity contribution in [3.8, 4) is 0 Å². The van der Waals surface area contributed by atoms with Crippen molar-refractivity contribution >= 4 is 24.3 Å². The van der Waals surface area contributed by atoms with Crippen molar-refractivity contribution in [2.45, 2.75) is 76.3 Å². The lowest BCUT2D eigenvalue weighted by Crippen LogP contribution is -2.08. The highest BCUT2D eigenvalue weighted by Gasteiger charge is 2.11. The number of isocyanates is 4. The van der Waals surface area contributed by atoms with Crippen LogP contribution in [0.25, 0.3) is 0 Å². The Morgan fingerprint density at radius 3 is 1.20 bits per heavy atom. The Bertz CT molecular complexity index is 481. The molecule has 136 valence electrons. The smallest absolute Gasteiger partial charge is 0.211 e. The van der Waals surface area contributed by atoms with E-state index in [0.717, 1.165) is 25.7 Å². The van der Waals surface area contributed by atoms with Crippen LogP contribution >= 0.6 is 0 Å². The predicted octanol–water partition coefficient (Wildman–Crippen LogP) is 2.93. The van der Waals surface area contributed by atoms with Gasteiger partial charge in [-0.2, -0.15) is 9.98 Å². The van der Waals surface area contributed by atoms with Crippen molar-refractivity contribution in [1.82, 2.24) is 0 Å². The molecule has 0 N–H and O–H groups in total. The minimum atomic E-state index is -0.160. The number of hydrogen-bond donors (Lipinski definition) is 0. The Balaban J connectivity index is 0.000000350. The summed E-state index contributed by atoms with van der Waals surface area (Å²) in [6.07, 6.45) is 17.6. The second kappa shape index (κ2) is 17.9. The molecule has 2 aliphatic carbocycles. The van der Waals surface area contributed by atoms with E-state index < -0.39 is 0 Å². The highest BCUT2D eigenvalue weighted by atomic mass is 16.1. The average Bonchev–Trinajstić information content (AvgIpc) is 2.66. The Kier molecular flexibility index (Phi) is 16.1. The van der Waals surface area contributed by atoms with Crippen molar-refractivity contribution in [2.75, 3.05) is 6.67 Å². The zero-order chi connectivity index (χ0) is 18.6. The van der Waals surface area contributed by atoms with Crippen LogP contribution in [0, 0.1) is 0 Å². The topological polar surface area (TPSA) is 118 Å². The first-order valence-electron chi connectivity index (χ1n) is 8.49. The molecule has 2 aliphatic rings. The third-order valence-corrected chi connectivity index (χ3v) is 3.89. The molecule has 25 heavy (non-hydrogen) atoms. The van der Waals surface area contributed by atoms with Gasteiger partial charge in [-0.15, -0.1) is 0 Å². The molecule has 0 spiro atoms. The molecule has 0 saturated heterocycles. The maximum atomic E-state index is 9.78. The van der Waals surface area contributed by atoms with Crippen LogP contribution < -0.4 is 0 Å². The van der Waals surface area contributed by atoms with E-state index in [4.69, 9.17) is 0 Å². The summed E-state index contributed by atoms with van der Waals surface area (Å²) in [5, 5.41) is 0. The van der Waals surface area contributed by atoms with Gasteiger partial charge in [0.15, 0.2) is 6.67 Å². The molecule has 0 amide bonds. The largest absolute Gasteiger partial charge is 0.236 e. The summed E-state index contributed by atoms with van der Waals surface area (Å²) in [6.45, 7) is -0.160. The van der Waals surface area contributed by atoms with E-state index in [2.05, 4.69) is 20.0 Å². The van der Waals surface area contributed by atoms with Crippen molar-refractivity contribution < 1.29 is 19.2 Å². The highest BCUT2D eigenvalue weighted by Crippen LogP contribution is 2.20. The molecular formula is C17H24N4O4. The van der Waals surface area contributed by atoms with Crippen molar-refractivity contribution in [3.05, 3.63) is 0 Å². The lowest BCUT2D eigenvalue weighted by molar-refractivity contribution is 0.439. The van der Waals surface area contributed by atoms with E-state index in [1.807, 2.05) is 0 Å². The van der Waals surface area contributed by atoms with E-state index in [1.165, 1.54) is 50.7 Å². The molecule has 0 aromatic carbocycles. The van der Waals surface area contributed by atoms with Crippen LogP contribution in [0.3, 0.4) is 0 Å². The molecule has 2 saturated carbocycles. The van der Waals surface area contributed by atoms with Gasteiger partial charge in [-0.25, -0.2) is 29.2 Å². The molecule has 2 fully saturated rings. The fraction of sp³-hybridized carbons (Fsp3) is 0.765. The third-order valence-electron chi connectivity index (χ3n) is 3.89. The molecule has 0 heterocycles. The fourth-order valence-electron chi connectivity index (χ4n) is 2.66. The standard InChI is InChI=1S/2C7H11NO.C3H2N2O2/c2*9-6-8-7-4-2-1-3-5-7;6-2-4-1-5-3-7/h2*7H,1-5H2;1H2. The van der Waals surface area contributed by atoms with E-state index in [-0.39, 0.29) is 6.67 Å². The SMILES string of the molecule is O=C=NC1CCCCC1.O=C=NC1CCCCC1.O=C=NCN=C=O. The molecule has 8 nitrogen and oxygen atoms in total. The summed E-state index contributed by atoms with van der Waals surface area (Å²) in [5.41, 5.74) is 0. The quantitative estimate of drug-likeness (QED) is 0.573. The molecule has 0 atom stereocenters. The number of carbonyl (C=O) groups excluding carboxylic acids is 4. The van der Waals surface area contributed by atoms with Crippen LogP contribution in [0.5, 0.6) is 0 Å². The van der Waals surface area contributed by atoms with Gasteiger partial charge in [0.2, 0.25) is 24.3 Å². The Labute approximate surface area is 147 Å². The molecule has 0 aromatic rings. The van der Waals surface area contributed by atoms with Crippen LogP contribution in [0.4, 0.5) is 0 Å². The monoisotopic (exact) mass is 348 g/mol. The lowest BCUT2D eigenvalue weighted by atomic mass is 9.96. The van der Waals surface area contributed by atoms with Gasteiger partial charge in [0.25, 0.3) is 0 Å². The first-order valence-corrected chi connectivity index (χ1v) is 8.49. The van der Waals surface area contributed by atoms with Gasteiger partial charge >= 0.3 is 0 Å². The Morgan fingerprint density at radius 2 is 0.920 bits per heavy atom. The second-order valence-electron chi connectivity index (χ2n) is 5.66. The second-order valence-corrected chi connectivity index (χ2v) is 5.66. The molecule has 0 radical (unpaired) electrons. The first-order chi connectivity index (χ1) is 12.3. The lowest BCUT2D eigenvalue weighted by Gasteiger charge is -2.14. The number of hydrogen-bond acceptors (Lipinski definition) is 8. The fourth-order valence-corrected chi connectivity index (χ4v) is 2.66. The average molecular weight is 348 g/mol. The summed E-state index contributed by atoms with van der Waals surface area (Å²) in [5.74, 6) is 0. The molecule has 0 aliphatic heterocycles. The summed E-state index contributed by atoms with van der Waals surface area (Å²) in [4.78, 5) is 51.2. The maximum absolute atomic E-state index is 9.78. The number of aliphatic imine (C=N–C) groups is 4. The minimum absolute atomic E-state index is 0.160. The number of rotatable bonds is 4. The van der Waals surface area contributed by atoms with E-state index >= 15 is 0 Å². The Hall–Kier alpha value is -2.48. The number of nitrogens with zero attached hydrogens (tertiary/aromatic N) is 4. The van der Waals surface area contributed by atoms with Crippen molar-refractivity contribution in [2.24, 2.45) is 20.0 Å². The zero-order valence-electron chi connectivity index (χ0n) is 14.4. The minimum Gasteiger partial charge on any atom is -0.211 e. The van der Waals surface area contributed by atoms with Gasteiger partial charge in [-0.3, -0.25) is 0 Å². The highest BCUT2D eigenvalue weighted by molar-refractivity contribution is 5.35. The Morgan fingerprint density at radius 1 is 0.560 bits per heavy atom. The molecule has 8 heteroatoms. The molecular weight excluding hydrogens is 324 g/mol. The molecule has 0 aromatic heterocycles. The van der Waals surface area contributed by atoms with Gasteiger partial charge < -0.3 is 0 Å². The summed E-state index contributed by atoms with van der Waals surface area (Å²) >= 11 is 0. The van der Waals surface area contributed by atoms with Crippen LogP contribution in [0.1, 0.15) is 64.2 Å². The van der Waals surface area contributed by atoms with Crippen LogP contribution in [-0.4, -0.2) is 43.1 Å². The van der Waals surface area contributed by atoms with E-state index in [1.54, 1.807) is 12.2 Å². The van der Waals surface area contributed by atoms with Gasteiger partial charge in [-0.05, 0) is 25.7 Å². The van der Waals surface area contributed by atoms with Crippen molar-refractivity contribution in [1.29, 1.82) is 0 Å². The van der Waals surface area contributed by atoms with Gasteiger partial charge in [-0.1, -0.05) is 38.5 Å². The summed E-state index contributed by atoms with van der Waals surface area (Å²) in [6, 6.07) is 0.604. The van der Waals surface area contributed by atoms with Gasteiger partial charge in [0.1, 0.15) is 0 Å².